The van der Waals surface area contributed by atoms with Gasteiger partial charge < -0.3 is 5.32 Å². The summed E-state index contributed by atoms with van der Waals surface area (Å²) in [5.41, 5.74) is 2.96. The van der Waals surface area contributed by atoms with Gasteiger partial charge >= 0.3 is 0 Å². The number of benzene rings is 2. The van der Waals surface area contributed by atoms with Crippen LogP contribution in [0, 0.1) is 6.92 Å². The Balaban J connectivity index is 1.84. The van der Waals surface area contributed by atoms with Crippen LogP contribution in [0.15, 0.2) is 53.4 Å². The van der Waals surface area contributed by atoms with E-state index in [1.807, 2.05) is 31.2 Å². The van der Waals surface area contributed by atoms with Gasteiger partial charge in [-0.3, -0.25) is 4.79 Å². The van der Waals surface area contributed by atoms with Crippen LogP contribution in [0.5, 0.6) is 0 Å². The second-order valence-corrected chi connectivity index (χ2v) is 7.58. The van der Waals surface area contributed by atoms with Gasteiger partial charge in [-0.25, -0.2) is 13.6 Å². The van der Waals surface area contributed by atoms with Crippen molar-refractivity contribution in [3.8, 4) is 0 Å². The second kappa shape index (κ2) is 7.63. The maximum Gasteiger partial charge on any atom is 0.238 e. The maximum atomic E-state index is 11.9. The molecule has 0 heterocycles. The summed E-state index contributed by atoms with van der Waals surface area (Å²) in [5.74, 6) is 0.961. The summed E-state index contributed by atoms with van der Waals surface area (Å²) in [5, 5.41) is 7.75. The number of nitrogens with one attached hydrogen (secondary N) is 1. The van der Waals surface area contributed by atoms with Gasteiger partial charge in [0.05, 0.1) is 10.6 Å². The number of carbonyl (C=O) groups excluding carboxylic acids is 1. The van der Waals surface area contributed by atoms with Crippen molar-refractivity contribution in [2.45, 2.75) is 17.6 Å². The van der Waals surface area contributed by atoms with Crippen molar-refractivity contribution >= 4 is 33.4 Å². The largest absolute Gasteiger partial charge is 0.325 e. The Kier molecular flexibility index (Phi) is 5.81. The van der Waals surface area contributed by atoms with Gasteiger partial charge in [-0.15, -0.1) is 11.8 Å². The molecule has 0 fully saturated rings. The average Bonchev–Trinajstić information content (AvgIpc) is 2.49. The van der Waals surface area contributed by atoms with Crippen molar-refractivity contribution in [3.05, 3.63) is 59.7 Å². The first-order chi connectivity index (χ1) is 10.9. The van der Waals surface area contributed by atoms with Gasteiger partial charge in [0, 0.05) is 11.4 Å². The van der Waals surface area contributed by atoms with E-state index in [1.165, 1.54) is 47.2 Å². The standard InChI is InChI=1S/C16H18N2O3S2/c1-12-4-2-3-5-13(12)10-22-11-16(19)18-14-6-8-15(9-7-14)23(17,20)21/h2-9H,10-11H2,1H3,(H,18,19)(H2,17,20,21). The fourth-order valence-corrected chi connectivity index (χ4v) is 3.37. The lowest BCUT2D eigenvalue weighted by Crippen LogP contribution is -2.15. The number of carbonyl (C=O) groups is 1. The molecule has 0 aliphatic carbocycles. The zero-order valence-electron chi connectivity index (χ0n) is 12.7. The highest BCUT2D eigenvalue weighted by molar-refractivity contribution is 7.99. The zero-order chi connectivity index (χ0) is 16.9. The first-order valence-electron chi connectivity index (χ1n) is 6.91. The number of thioether (sulfide) groups is 1. The minimum absolute atomic E-state index is 0.0180. The van der Waals surface area contributed by atoms with E-state index in [4.69, 9.17) is 5.14 Å². The molecule has 23 heavy (non-hydrogen) atoms. The number of amides is 1. The molecule has 1 amide bonds. The fourth-order valence-electron chi connectivity index (χ4n) is 1.95. The number of nitrogens with two attached hydrogens (primary N) is 1. The molecule has 0 saturated heterocycles. The molecule has 5 nitrogen and oxygen atoms in total. The Morgan fingerprint density at radius 3 is 2.39 bits per heavy atom. The van der Waals surface area contributed by atoms with Gasteiger partial charge in [0.15, 0.2) is 0 Å². The van der Waals surface area contributed by atoms with Crippen molar-refractivity contribution in [1.29, 1.82) is 0 Å². The van der Waals surface area contributed by atoms with Gasteiger partial charge in [-0.2, -0.15) is 0 Å². The number of sulfonamides is 1. The van der Waals surface area contributed by atoms with E-state index in [1.54, 1.807) is 0 Å². The normalized spacial score (nSPS) is 11.2. The number of aryl methyl sites for hydroxylation is 1. The summed E-state index contributed by atoms with van der Waals surface area (Å²) in [7, 11) is -3.71. The van der Waals surface area contributed by atoms with Crippen LogP contribution in [0.4, 0.5) is 5.69 Å². The van der Waals surface area contributed by atoms with Crippen molar-refractivity contribution in [2.24, 2.45) is 5.14 Å². The molecule has 3 N–H and O–H groups in total. The molecule has 0 atom stereocenters. The number of anilines is 1. The minimum Gasteiger partial charge on any atom is -0.325 e. The molecule has 0 unspecified atom stereocenters. The zero-order valence-corrected chi connectivity index (χ0v) is 14.3. The van der Waals surface area contributed by atoms with Crippen LogP contribution in [0.1, 0.15) is 11.1 Å². The number of hydrogen-bond acceptors (Lipinski definition) is 4. The first-order valence-corrected chi connectivity index (χ1v) is 9.61. The summed E-state index contributed by atoms with van der Waals surface area (Å²) in [6.07, 6.45) is 0. The van der Waals surface area contributed by atoms with Gasteiger partial charge in [0.25, 0.3) is 0 Å². The van der Waals surface area contributed by atoms with E-state index in [9.17, 15) is 13.2 Å². The quantitative estimate of drug-likeness (QED) is 0.838. The lowest BCUT2D eigenvalue weighted by Gasteiger charge is -2.07. The topological polar surface area (TPSA) is 89.3 Å². The van der Waals surface area contributed by atoms with Crippen molar-refractivity contribution in [3.63, 3.8) is 0 Å². The van der Waals surface area contributed by atoms with Gasteiger partial charge in [0.2, 0.25) is 15.9 Å². The molecule has 122 valence electrons. The molecule has 2 aromatic rings. The van der Waals surface area contributed by atoms with Crippen molar-refractivity contribution in [2.75, 3.05) is 11.1 Å². The van der Waals surface area contributed by atoms with Crippen LogP contribution >= 0.6 is 11.8 Å². The predicted molar refractivity (Wildman–Crippen MR) is 93.8 cm³/mol. The third kappa shape index (κ3) is 5.38. The Bertz CT molecular complexity index is 787. The lowest BCUT2D eigenvalue weighted by atomic mass is 10.1. The van der Waals surface area contributed by atoms with Gasteiger partial charge in [-0.1, -0.05) is 24.3 Å². The Morgan fingerprint density at radius 2 is 1.78 bits per heavy atom. The van der Waals surface area contributed by atoms with E-state index in [2.05, 4.69) is 5.32 Å². The molecular formula is C16H18N2O3S2. The van der Waals surface area contributed by atoms with Crippen LogP contribution in [-0.4, -0.2) is 20.1 Å². The first kappa shape index (κ1) is 17.5. The van der Waals surface area contributed by atoms with Crippen LogP contribution in [0.3, 0.4) is 0 Å². The summed E-state index contributed by atoms with van der Waals surface area (Å²) in [6, 6.07) is 13.8. The Morgan fingerprint density at radius 1 is 1.13 bits per heavy atom. The van der Waals surface area contributed by atoms with Gasteiger partial charge in [0.1, 0.15) is 0 Å². The molecule has 0 aromatic heterocycles. The SMILES string of the molecule is Cc1ccccc1CSCC(=O)Nc1ccc(S(N)(=O)=O)cc1. The lowest BCUT2D eigenvalue weighted by molar-refractivity contribution is -0.113. The molecule has 0 spiro atoms. The van der Waals surface area contributed by atoms with Crippen LogP contribution in [-0.2, 0) is 20.6 Å². The third-order valence-electron chi connectivity index (χ3n) is 3.22. The molecule has 2 rings (SSSR count). The van der Waals surface area contributed by atoms with Crippen LogP contribution < -0.4 is 10.5 Å². The van der Waals surface area contributed by atoms with Gasteiger partial charge in [-0.05, 0) is 42.3 Å². The Labute approximate surface area is 140 Å². The van der Waals surface area contributed by atoms with E-state index >= 15 is 0 Å². The summed E-state index contributed by atoms with van der Waals surface area (Å²) >= 11 is 1.53. The average molecular weight is 350 g/mol. The maximum absolute atomic E-state index is 11.9. The third-order valence-corrected chi connectivity index (χ3v) is 5.13. The number of rotatable bonds is 6. The highest BCUT2D eigenvalue weighted by atomic mass is 32.2. The summed E-state index contributed by atoms with van der Waals surface area (Å²) in [6.45, 7) is 2.04. The molecule has 0 aliphatic rings. The van der Waals surface area contributed by atoms with Crippen molar-refractivity contribution in [1.82, 2.24) is 0 Å². The Hall–Kier alpha value is -1.83. The molecule has 0 bridgehead atoms. The molecule has 0 aliphatic heterocycles. The highest BCUT2D eigenvalue weighted by Gasteiger charge is 2.08. The fraction of sp³-hybridized carbons (Fsp3) is 0.188. The highest BCUT2D eigenvalue weighted by Crippen LogP contribution is 2.17. The van der Waals surface area contributed by atoms with E-state index < -0.39 is 10.0 Å². The molecular weight excluding hydrogens is 332 g/mol. The van der Waals surface area contributed by atoms with E-state index in [0.29, 0.717) is 11.4 Å². The second-order valence-electron chi connectivity index (χ2n) is 5.04. The van der Waals surface area contributed by atoms with Crippen LogP contribution in [0.25, 0.3) is 0 Å². The monoisotopic (exact) mass is 350 g/mol. The van der Waals surface area contributed by atoms with Crippen molar-refractivity contribution < 1.29 is 13.2 Å². The molecule has 7 heteroatoms. The molecule has 0 saturated carbocycles. The van der Waals surface area contributed by atoms with Crippen LogP contribution in [0.2, 0.25) is 0 Å². The smallest absolute Gasteiger partial charge is 0.238 e. The minimum atomic E-state index is -3.71. The summed E-state index contributed by atoms with van der Waals surface area (Å²) < 4.78 is 22.3. The molecule has 0 radical (unpaired) electrons. The van der Waals surface area contributed by atoms with E-state index in [-0.39, 0.29) is 10.8 Å². The predicted octanol–water partition coefficient (Wildman–Crippen LogP) is 2.51. The number of primary sulfonamides is 1. The number of hydrogen-bond donors (Lipinski definition) is 2. The summed E-state index contributed by atoms with van der Waals surface area (Å²) in [4.78, 5) is 11.9. The molecule has 2 aromatic carbocycles. The van der Waals surface area contributed by atoms with E-state index in [0.717, 1.165) is 5.75 Å².